The van der Waals surface area contributed by atoms with Crippen LogP contribution in [0.1, 0.15) is 21.9 Å². The van der Waals surface area contributed by atoms with Crippen LogP contribution in [0.3, 0.4) is 0 Å². The molecule has 7 heteroatoms. The fraction of sp³-hybridized carbons (Fsp3) is 0.167. The van der Waals surface area contributed by atoms with Gasteiger partial charge in [-0.2, -0.15) is 0 Å². The first-order valence-corrected chi connectivity index (χ1v) is 11.0. The second kappa shape index (κ2) is 10.0. The van der Waals surface area contributed by atoms with Crippen molar-refractivity contribution in [2.24, 2.45) is 7.05 Å². The van der Waals surface area contributed by atoms with Crippen LogP contribution in [0.25, 0.3) is 11.1 Å². The molecule has 6 nitrogen and oxygen atoms in total. The van der Waals surface area contributed by atoms with E-state index in [0.717, 1.165) is 33.6 Å². The fourth-order valence-corrected chi connectivity index (χ4v) is 3.99. The summed E-state index contributed by atoms with van der Waals surface area (Å²) >= 11 is 1.60. The average Bonchev–Trinajstić information content (AvgIpc) is 3.18. The van der Waals surface area contributed by atoms with Gasteiger partial charge in [0.2, 0.25) is 0 Å². The zero-order valence-corrected chi connectivity index (χ0v) is 18.0. The molecule has 0 atom stereocenters. The van der Waals surface area contributed by atoms with Crippen molar-refractivity contribution in [1.82, 2.24) is 25.1 Å². The maximum Gasteiger partial charge on any atom is 0.251 e. The third-order valence-corrected chi connectivity index (χ3v) is 5.94. The van der Waals surface area contributed by atoms with Gasteiger partial charge in [-0.25, -0.2) is 0 Å². The van der Waals surface area contributed by atoms with Crippen LogP contribution >= 0.6 is 11.8 Å². The van der Waals surface area contributed by atoms with Crippen molar-refractivity contribution in [3.63, 3.8) is 0 Å². The van der Waals surface area contributed by atoms with Crippen molar-refractivity contribution >= 4 is 17.7 Å². The predicted octanol–water partition coefficient (Wildman–Crippen LogP) is 4.14. The number of hydrogen-bond acceptors (Lipinski definition) is 5. The summed E-state index contributed by atoms with van der Waals surface area (Å²) in [4.78, 5) is 16.8. The molecule has 0 spiro atoms. The van der Waals surface area contributed by atoms with Gasteiger partial charge in [0.15, 0.2) is 5.16 Å². The Morgan fingerprint density at radius 2 is 1.68 bits per heavy atom. The molecule has 0 fully saturated rings. The summed E-state index contributed by atoms with van der Waals surface area (Å²) in [7, 11) is 1.94. The summed E-state index contributed by atoms with van der Waals surface area (Å²) in [6.07, 6.45) is 2.40. The Labute approximate surface area is 185 Å². The number of nitrogens with one attached hydrogen (secondary N) is 1. The van der Waals surface area contributed by atoms with Gasteiger partial charge >= 0.3 is 0 Å². The van der Waals surface area contributed by atoms with Crippen molar-refractivity contribution in [2.45, 2.75) is 17.3 Å². The van der Waals surface area contributed by atoms with Crippen LogP contribution < -0.4 is 5.32 Å². The van der Waals surface area contributed by atoms with Crippen LogP contribution in [0.5, 0.6) is 0 Å². The van der Waals surface area contributed by atoms with Crippen LogP contribution in [-0.2, 0) is 19.2 Å². The highest BCUT2D eigenvalue weighted by Gasteiger charge is 2.11. The van der Waals surface area contributed by atoms with Gasteiger partial charge < -0.3 is 9.88 Å². The van der Waals surface area contributed by atoms with E-state index in [0.29, 0.717) is 18.5 Å². The molecule has 2 aromatic carbocycles. The minimum Gasteiger partial charge on any atom is -0.352 e. The first-order valence-electron chi connectivity index (χ1n) is 10.1. The molecule has 0 saturated carbocycles. The molecule has 2 heterocycles. The molecule has 0 saturated heterocycles. The number of carbonyl (C=O) groups is 1. The number of amides is 1. The molecule has 0 radical (unpaired) electrons. The molecule has 156 valence electrons. The Kier molecular flexibility index (Phi) is 6.74. The van der Waals surface area contributed by atoms with Crippen molar-refractivity contribution in [3.05, 3.63) is 96.1 Å². The third-order valence-electron chi connectivity index (χ3n) is 4.89. The molecule has 1 amide bonds. The number of nitrogens with zero attached hydrogens (tertiary/aromatic N) is 4. The SMILES string of the molecule is Cn1c(CCNC(=O)c2ccc(-c3ccccc3)cc2)nnc1SCc1ccccn1. The average molecular weight is 430 g/mol. The van der Waals surface area contributed by atoms with Crippen molar-refractivity contribution in [3.8, 4) is 11.1 Å². The highest BCUT2D eigenvalue weighted by Crippen LogP contribution is 2.20. The van der Waals surface area contributed by atoms with E-state index in [1.807, 2.05) is 72.3 Å². The first-order chi connectivity index (χ1) is 15.2. The first kappa shape index (κ1) is 20.8. The maximum absolute atomic E-state index is 12.5. The number of rotatable bonds is 8. The largest absolute Gasteiger partial charge is 0.352 e. The summed E-state index contributed by atoms with van der Waals surface area (Å²) < 4.78 is 1.97. The van der Waals surface area contributed by atoms with E-state index < -0.39 is 0 Å². The van der Waals surface area contributed by atoms with Crippen molar-refractivity contribution in [1.29, 1.82) is 0 Å². The van der Waals surface area contributed by atoms with E-state index in [1.54, 1.807) is 18.0 Å². The number of pyridine rings is 1. The zero-order chi connectivity index (χ0) is 21.5. The van der Waals surface area contributed by atoms with Gasteiger partial charge in [0, 0.05) is 37.5 Å². The fourth-order valence-electron chi connectivity index (χ4n) is 3.15. The molecular weight excluding hydrogens is 406 g/mol. The normalized spacial score (nSPS) is 10.7. The maximum atomic E-state index is 12.5. The lowest BCUT2D eigenvalue weighted by Gasteiger charge is -2.07. The van der Waals surface area contributed by atoms with Crippen LogP contribution in [0.2, 0.25) is 0 Å². The zero-order valence-electron chi connectivity index (χ0n) is 17.2. The monoisotopic (exact) mass is 429 g/mol. The summed E-state index contributed by atoms with van der Waals surface area (Å²) in [6.45, 7) is 0.496. The summed E-state index contributed by atoms with van der Waals surface area (Å²) in [6, 6.07) is 23.6. The molecule has 4 rings (SSSR count). The van der Waals surface area contributed by atoms with E-state index >= 15 is 0 Å². The van der Waals surface area contributed by atoms with Crippen molar-refractivity contribution < 1.29 is 4.79 Å². The summed E-state index contributed by atoms with van der Waals surface area (Å²) in [5, 5.41) is 12.3. The second-order valence-corrected chi connectivity index (χ2v) is 7.96. The Morgan fingerprint density at radius 1 is 0.935 bits per heavy atom. The van der Waals surface area contributed by atoms with Gasteiger partial charge in [0.05, 0.1) is 5.69 Å². The molecule has 1 N–H and O–H groups in total. The minimum atomic E-state index is -0.0912. The number of aromatic nitrogens is 4. The van der Waals surface area contributed by atoms with E-state index in [2.05, 4.69) is 32.6 Å². The Hall–Kier alpha value is -3.45. The topological polar surface area (TPSA) is 72.7 Å². The molecule has 0 bridgehead atoms. The number of hydrogen-bond donors (Lipinski definition) is 1. The Bertz CT molecular complexity index is 1130. The standard InChI is InChI=1S/C24H23N5OS/c1-29-22(27-28-24(29)31-17-21-9-5-6-15-25-21)14-16-26-23(30)20-12-10-19(11-13-20)18-7-3-2-4-8-18/h2-13,15H,14,16-17H2,1H3,(H,26,30). The van der Waals surface area contributed by atoms with Crippen LogP contribution in [0.15, 0.2) is 84.1 Å². The minimum absolute atomic E-state index is 0.0912. The molecule has 2 aromatic heterocycles. The van der Waals surface area contributed by atoms with Crippen LogP contribution in [0, 0.1) is 0 Å². The highest BCUT2D eigenvalue weighted by atomic mass is 32.2. The molecule has 4 aromatic rings. The number of benzene rings is 2. The number of carbonyl (C=O) groups excluding carboxylic acids is 1. The van der Waals surface area contributed by atoms with Gasteiger partial charge in [-0.15, -0.1) is 10.2 Å². The quantitative estimate of drug-likeness (QED) is 0.426. The third kappa shape index (κ3) is 5.38. The van der Waals surface area contributed by atoms with E-state index in [4.69, 9.17) is 0 Å². The molecule has 0 unspecified atom stereocenters. The van der Waals surface area contributed by atoms with Gasteiger partial charge in [-0.1, -0.05) is 60.3 Å². The molecular formula is C24H23N5OS. The van der Waals surface area contributed by atoms with E-state index in [9.17, 15) is 4.79 Å². The molecule has 0 aliphatic rings. The smallest absolute Gasteiger partial charge is 0.251 e. The van der Waals surface area contributed by atoms with Gasteiger partial charge in [-0.3, -0.25) is 9.78 Å². The second-order valence-electron chi connectivity index (χ2n) is 7.02. The summed E-state index contributed by atoms with van der Waals surface area (Å²) in [5.74, 6) is 1.48. The van der Waals surface area contributed by atoms with Crippen LogP contribution in [0.4, 0.5) is 0 Å². The lowest BCUT2D eigenvalue weighted by Crippen LogP contribution is -2.26. The Balaban J connectivity index is 1.28. The lowest BCUT2D eigenvalue weighted by atomic mass is 10.0. The highest BCUT2D eigenvalue weighted by molar-refractivity contribution is 7.98. The van der Waals surface area contributed by atoms with E-state index in [1.165, 1.54) is 0 Å². The molecule has 0 aliphatic heterocycles. The number of thioether (sulfide) groups is 1. The van der Waals surface area contributed by atoms with Crippen LogP contribution in [-0.4, -0.2) is 32.2 Å². The van der Waals surface area contributed by atoms with Gasteiger partial charge in [-0.05, 0) is 35.4 Å². The summed E-state index contributed by atoms with van der Waals surface area (Å²) in [5.41, 5.74) is 3.87. The lowest BCUT2D eigenvalue weighted by molar-refractivity contribution is 0.0954. The van der Waals surface area contributed by atoms with Crippen molar-refractivity contribution in [2.75, 3.05) is 6.54 Å². The Morgan fingerprint density at radius 3 is 2.42 bits per heavy atom. The van der Waals surface area contributed by atoms with E-state index in [-0.39, 0.29) is 5.91 Å². The van der Waals surface area contributed by atoms with Gasteiger partial charge in [0.25, 0.3) is 5.91 Å². The predicted molar refractivity (Wildman–Crippen MR) is 123 cm³/mol. The van der Waals surface area contributed by atoms with Gasteiger partial charge in [0.1, 0.15) is 5.82 Å². The molecule has 31 heavy (non-hydrogen) atoms. The molecule has 0 aliphatic carbocycles.